The fourth-order valence-electron chi connectivity index (χ4n) is 3.27. The lowest BCUT2D eigenvalue weighted by molar-refractivity contribution is 0.668. The van der Waals surface area contributed by atoms with Crippen molar-refractivity contribution in [1.29, 1.82) is 0 Å². The molecule has 116 valence electrons. The van der Waals surface area contributed by atoms with Crippen molar-refractivity contribution >= 4 is 32.7 Å². The molecule has 0 spiro atoms. The lowest BCUT2D eigenvalue weighted by Crippen LogP contribution is -1.86. The van der Waals surface area contributed by atoms with Crippen LogP contribution in [0.15, 0.2) is 52.9 Å². The van der Waals surface area contributed by atoms with Crippen LogP contribution in [0.2, 0.25) is 0 Å². The molecule has 0 N–H and O–H groups in total. The van der Waals surface area contributed by atoms with E-state index in [9.17, 15) is 0 Å². The average molecular weight is 302 g/mol. The van der Waals surface area contributed by atoms with Crippen LogP contribution in [0.5, 0.6) is 0 Å². The molecule has 0 aliphatic rings. The topological polar surface area (TPSA) is 13.1 Å². The van der Waals surface area contributed by atoms with Crippen LogP contribution in [0, 0.1) is 0 Å². The minimum Gasteiger partial charge on any atom is -0.456 e. The van der Waals surface area contributed by atoms with E-state index >= 15 is 0 Å². The Kier molecular flexibility index (Phi) is 3.19. The van der Waals surface area contributed by atoms with Gasteiger partial charge < -0.3 is 4.42 Å². The van der Waals surface area contributed by atoms with Gasteiger partial charge in [0, 0.05) is 10.8 Å². The van der Waals surface area contributed by atoms with Crippen molar-refractivity contribution in [3.05, 3.63) is 59.7 Å². The second kappa shape index (κ2) is 5.13. The standard InChI is InChI=1S/C22H22O/c1-13(2)15-5-6-17-10-20-19-8-7-16(14(3)4)11-21(19)23-22(20)12-18(17)9-15/h5-14H,1-4H3. The lowest BCUT2D eigenvalue weighted by Gasteiger charge is -2.07. The van der Waals surface area contributed by atoms with Gasteiger partial charge in [-0.05, 0) is 51.9 Å². The average Bonchev–Trinajstić information content (AvgIpc) is 2.88. The number of furan rings is 1. The Morgan fingerprint density at radius 3 is 2.00 bits per heavy atom. The smallest absolute Gasteiger partial charge is 0.136 e. The van der Waals surface area contributed by atoms with Crippen LogP contribution in [-0.2, 0) is 0 Å². The minimum atomic E-state index is 0.514. The van der Waals surface area contributed by atoms with Crippen molar-refractivity contribution in [2.24, 2.45) is 0 Å². The molecular formula is C22H22O. The SMILES string of the molecule is CC(C)c1ccc2cc3c(cc2c1)oc1cc(C(C)C)ccc13. The number of benzene rings is 3. The Morgan fingerprint density at radius 2 is 1.26 bits per heavy atom. The fourth-order valence-corrected chi connectivity index (χ4v) is 3.27. The van der Waals surface area contributed by atoms with Gasteiger partial charge in [-0.15, -0.1) is 0 Å². The lowest BCUT2D eigenvalue weighted by atomic mass is 9.97. The molecule has 0 bridgehead atoms. The summed E-state index contributed by atoms with van der Waals surface area (Å²) in [5, 5.41) is 4.95. The Morgan fingerprint density at radius 1 is 0.609 bits per heavy atom. The van der Waals surface area contributed by atoms with Gasteiger partial charge in [0.2, 0.25) is 0 Å². The van der Waals surface area contributed by atoms with Crippen LogP contribution in [0.3, 0.4) is 0 Å². The van der Waals surface area contributed by atoms with Gasteiger partial charge in [-0.3, -0.25) is 0 Å². The molecule has 0 radical (unpaired) electrons. The summed E-state index contributed by atoms with van der Waals surface area (Å²) in [6, 6.07) is 17.8. The first-order valence-corrected chi connectivity index (χ1v) is 8.43. The number of hydrogen-bond acceptors (Lipinski definition) is 1. The fraction of sp³-hybridized carbons (Fsp3) is 0.273. The van der Waals surface area contributed by atoms with Crippen LogP contribution in [0.4, 0.5) is 0 Å². The van der Waals surface area contributed by atoms with Crippen molar-refractivity contribution in [3.63, 3.8) is 0 Å². The third-order valence-electron chi connectivity index (χ3n) is 4.81. The third kappa shape index (κ3) is 2.31. The Hall–Kier alpha value is -2.28. The van der Waals surface area contributed by atoms with E-state index in [1.807, 2.05) is 0 Å². The normalized spacial score (nSPS) is 12.3. The van der Waals surface area contributed by atoms with Gasteiger partial charge >= 0.3 is 0 Å². The molecule has 4 aromatic rings. The monoisotopic (exact) mass is 302 g/mol. The highest BCUT2D eigenvalue weighted by Crippen LogP contribution is 2.34. The molecule has 0 fully saturated rings. The summed E-state index contributed by atoms with van der Waals surface area (Å²) in [6.45, 7) is 8.89. The molecule has 0 aliphatic carbocycles. The summed E-state index contributed by atoms with van der Waals surface area (Å²) < 4.78 is 6.15. The zero-order valence-electron chi connectivity index (χ0n) is 14.2. The molecule has 0 unspecified atom stereocenters. The van der Waals surface area contributed by atoms with E-state index in [1.54, 1.807) is 0 Å². The molecule has 0 aliphatic heterocycles. The second-order valence-corrected chi connectivity index (χ2v) is 7.12. The van der Waals surface area contributed by atoms with Crippen molar-refractivity contribution < 1.29 is 4.42 Å². The summed E-state index contributed by atoms with van der Waals surface area (Å²) in [5.41, 5.74) is 4.66. The maximum Gasteiger partial charge on any atom is 0.136 e. The van der Waals surface area contributed by atoms with Gasteiger partial charge in [-0.1, -0.05) is 58.0 Å². The summed E-state index contributed by atoms with van der Waals surface area (Å²) in [6.07, 6.45) is 0. The Bertz CT molecular complexity index is 1000. The molecule has 1 nitrogen and oxygen atoms in total. The first-order chi connectivity index (χ1) is 11.0. The summed E-state index contributed by atoms with van der Waals surface area (Å²) >= 11 is 0. The van der Waals surface area contributed by atoms with Gasteiger partial charge in [0.1, 0.15) is 11.2 Å². The molecule has 4 rings (SSSR count). The zero-order valence-corrected chi connectivity index (χ0v) is 14.2. The van der Waals surface area contributed by atoms with Crippen LogP contribution in [-0.4, -0.2) is 0 Å². The van der Waals surface area contributed by atoms with E-state index in [-0.39, 0.29) is 0 Å². The van der Waals surface area contributed by atoms with Gasteiger partial charge in [0.05, 0.1) is 0 Å². The third-order valence-corrected chi connectivity index (χ3v) is 4.81. The van der Waals surface area contributed by atoms with E-state index in [0.29, 0.717) is 11.8 Å². The molecule has 0 saturated carbocycles. The van der Waals surface area contributed by atoms with Crippen LogP contribution >= 0.6 is 0 Å². The second-order valence-electron chi connectivity index (χ2n) is 7.12. The summed E-state index contributed by atoms with van der Waals surface area (Å²) in [5.74, 6) is 1.06. The molecule has 1 heterocycles. The molecule has 0 saturated heterocycles. The predicted octanol–water partition coefficient (Wildman–Crippen LogP) is 6.99. The predicted molar refractivity (Wildman–Crippen MR) is 99.4 cm³/mol. The van der Waals surface area contributed by atoms with Crippen molar-refractivity contribution in [3.8, 4) is 0 Å². The molecule has 1 heteroatoms. The van der Waals surface area contributed by atoms with Crippen molar-refractivity contribution in [2.45, 2.75) is 39.5 Å². The highest BCUT2D eigenvalue weighted by Gasteiger charge is 2.11. The van der Waals surface area contributed by atoms with Crippen molar-refractivity contribution in [2.75, 3.05) is 0 Å². The summed E-state index contributed by atoms with van der Waals surface area (Å²) in [7, 11) is 0. The molecule has 3 aromatic carbocycles. The zero-order chi connectivity index (χ0) is 16.1. The van der Waals surface area contributed by atoms with Gasteiger partial charge in [0.15, 0.2) is 0 Å². The minimum absolute atomic E-state index is 0.514. The highest BCUT2D eigenvalue weighted by atomic mass is 16.3. The van der Waals surface area contributed by atoms with Gasteiger partial charge in [-0.25, -0.2) is 0 Å². The number of hydrogen-bond donors (Lipinski definition) is 0. The maximum absolute atomic E-state index is 6.15. The molecule has 0 atom stereocenters. The Labute approximate surface area is 136 Å². The summed E-state index contributed by atoms with van der Waals surface area (Å²) in [4.78, 5) is 0. The number of rotatable bonds is 2. The first kappa shape index (κ1) is 14.3. The molecule has 23 heavy (non-hydrogen) atoms. The van der Waals surface area contributed by atoms with E-state index in [0.717, 1.165) is 11.2 Å². The largest absolute Gasteiger partial charge is 0.456 e. The van der Waals surface area contributed by atoms with E-state index in [1.165, 1.54) is 32.7 Å². The Balaban J connectivity index is 2.00. The van der Waals surface area contributed by atoms with Crippen LogP contribution < -0.4 is 0 Å². The van der Waals surface area contributed by atoms with Crippen molar-refractivity contribution in [1.82, 2.24) is 0 Å². The van der Waals surface area contributed by atoms with E-state index in [2.05, 4.69) is 76.2 Å². The van der Waals surface area contributed by atoms with Crippen LogP contribution in [0.1, 0.15) is 50.7 Å². The first-order valence-electron chi connectivity index (χ1n) is 8.43. The molecule has 0 amide bonds. The van der Waals surface area contributed by atoms with Crippen LogP contribution in [0.25, 0.3) is 32.7 Å². The van der Waals surface area contributed by atoms with Gasteiger partial charge in [-0.2, -0.15) is 0 Å². The molecular weight excluding hydrogens is 280 g/mol. The van der Waals surface area contributed by atoms with Gasteiger partial charge in [0.25, 0.3) is 0 Å². The quantitative estimate of drug-likeness (QED) is 0.389. The number of fused-ring (bicyclic) bond motifs is 4. The van der Waals surface area contributed by atoms with E-state index in [4.69, 9.17) is 4.42 Å². The molecule has 1 aromatic heterocycles. The maximum atomic E-state index is 6.15. The highest BCUT2D eigenvalue weighted by molar-refractivity contribution is 6.10. The van der Waals surface area contributed by atoms with E-state index < -0.39 is 0 Å².